The molecule has 3 rings (SSSR count). The molecule has 2 fully saturated rings. The monoisotopic (exact) mass is 259 g/mol. The van der Waals surface area contributed by atoms with Gasteiger partial charge in [-0.1, -0.05) is 32.0 Å². The zero-order valence-electron chi connectivity index (χ0n) is 12.1. The number of rotatable bonds is 3. The molecule has 2 heteroatoms. The molecule has 1 spiro atoms. The number of anilines is 1. The number of para-hydroxylation sites is 1. The molecule has 1 atom stereocenters. The summed E-state index contributed by atoms with van der Waals surface area (Å²) in [6, 6.07) is 9.31. The molecule has 2 aliphatic rings. The SMILES string of the molecule is CC(C)c1ccccc1NC1CCOC2(CCC2)C1. The Morgan fingerprint density at radius 3 is 2.74 bits per heavy atom. The molecule has 1 aliphatic carbocycles. The predicted molar refractivity (Wildman–Crippen MR) is 79.7 cm³/mol. The molecule has 1 aliphatic heterocycles. The van der Waals surface area contributed by atoms with Crippen molar-refractivity contribution in [3.05, 3.63) is 29.8 Å². The van der Waals surface area contributed by atoms with Crippen molar-refractivity contribution < 1.29 is 4.74 Å². The summed E-state index contributed by atoms with van der Waals surface area (Å²) in [5.41, 5.74) is 2.97. The first-order valence-corrected chi connectivity index (χ1v) is 7.68. The summed E-state index contributed by atoms with van der Waals surface area (Å²) < 4.78 is 6.01. The molecule has 1 N–H and O–H groups in total. The van der Waals surface area contributed by atoms with E-state index in [0.717, 1.165) is 13.0 Å². The highest BCUT2D eigenvalue weighted by Gasteiger charge is 2.42. The fraction of sp³-hybridized carbons (Fsp3) is 0.647. The number of nitrogens with one attached hydrogen (secondary N) is 1. The van der Waals surface area contributed by atoms with E-state index in [1.807, 2.05) is 0 Å². The van der Waals surface area contributed by atoms with Crippen LogP contribution in [-0.4, -0.2) is 18.2 Å². The molecule has 1 aromatic rings. The summed E-state index contributed by atoms with van der Waals surface area (Å²) in [6.07, 6.45) is 6.18. The zero-order valence-corrected chi connectivity index (χ0v) is 12.1. The maximum absolute atomic E-state index is 6.01. The highest BCUT2D eigenvalue weighted by Crippen LogP contribution is 2.43. The molecule has 1 unspecified atom stereocenters. The summed E-state index contributed by atoms with van der Waals surface area (Å²) in [4.78, 5) is 0. The number of hydrogen-bond donors (Lipinski definition) is 1. The summed E-state index contributed by atoms with van der Waals surface area (Å²) in [6.45, 7) is 5.44. The molecule has 104 valence electrons. The Morgan fingerprint density at radius 2 is 2.05 bits per heavy atom. The van der Waals surface area contributed by atoms with Gasteiger partial charge in [-0.3, -0.25) is 0 Å². The van der Waals surface area contributed by atoms with E-state index in [9.17, 15) is 0 Å². The normalized spacial score (nSPS) is 25.3. The van der Waals surface area contributed by atoms with Crippen molar-refractivity contribution in [3.8, 4) is 0 Å². The number of hydrogen-bond acceptors (Lipinski definition) is 2. The van der Waals surface area contributed by atoms with E-state index < -0.39 is 0 Å². The van der Waals surface area contributed by atoms with Gasteiger partial charge in [0.2, 0.25) is 0 Å². The Balaban J connectivity index is 1.71. The van der Waals surface area contributed by atoms with Crippen LogP contribution in [0.3, 0.4) is 0 Å². The van der Waals surface area contributed by atoms with Crippen LogP contribution in [0.2, 0.25) is 0 Å². The average Bonchev–Trinajstić information content (AvgIpc) is 2.37. The van der Waals surface area contributed by atoms with Crippen molar-refractivity contribution in [2.75, 3.05) is 11.9 Å². The van der Waals surface area contributed by atoms with Gasteiger partial charge in [0.05, 0.1) is 5.60 Å². The van der Waals surface area contributed by atoms with E-state index in [4.69, 9.17) is 4.74 Å². The van der Waals surface area contributed by atoms with E-state index in [1.54, 1.807) is 0 Å². The Hall–Kier alpha value is -1.02. The molecular weight excluding hydrogens is 234 g/mol. The van der Waals surface area contributed by atoms with Gasteiger partial charge in [-0.2, -0.15) is 0 Å². The van der Waals surface area contributed by atoms with Crippen LogP contribution in [0.25, 0.3) is 0 Å². The molecule has 1 saturated carbocycles. The van der Waals surface area contributed by atoms with Gasteiger partial charge in [0.15, 0.2) is 0 Å². The third-order valence-corrected chi connectivity index (χ3v) is 4.70. The lowest BCUT2D eigenvalue weighted by molar-refractivity contribution is -0.130. The largest absolute Gasteiger partial charge is 0.382 e. The third-order valence-electron chi connectivity index (χ3n) is 4.70. The minimum Gasteiger partial charge on any atom is -0.382 e. The van der Waals surface area contributed by atoms with Crippen LogP contribution >= 0.6 is 0 Å². The molecule has 0 radical (unpaired) electrons. The zero-order chi connectivity index (χ0) is 13.3. The molecule has 0 amide bonds. The van der Waals surface area contributed by atoms with Crippen LogP contribution in [0.1, 0.15) is 57.4 Å². The van der Waals surface area contributed by atoms with Crippen molar-refractivity contribution in [1.82, 2.24) is 0 Å². The maximum Gasteiger partial charge on any atom is 0.0702 e. The van der Waals surface area contributed by atoms with Crippen LogP contribution in [-0.2, 0) is 4.74 Å². The molecule has 1 saturated heterocycles. The topological polar surface area (TPSA) is 21.3 Å². The predicted octanol–water partition coefficient (Wildman–Crippen LogP) is 4.32. The molecular formula is C17H25NO. The maximum atomic E-state index is 6.01. The van der Waals surface area contributed by atoms with Crippen LogP contribution in [0.5, 0.6) is 0 Å². The van der Waals surface area contributed by atoms with E-state index in [0.29, 0.717) is 12.0 Å². The van der Waals surface area contributed by atoms with Crippen LogP contribution in [0.4, 0.5) is 5.69 Å². The molecule has 0 bridgehead atoms. The second-order valence-corrected chi connectivity index (χ2v) is 6.46. The Morgan fingerprint density at radius 1 is 1.26 bits per heavy atom. The van der Waals surface area contributed by atoms with Crippen molar-refractivity contribution in [3.63, 3.8) is 0 Å². The van der Waals surface area contributed by atoms with Crippen molar-refractivity contribution in [2.45, 2.75) is 63.5 Å². The second kappa shape index (κ2) is 5.16. The fourth-order valence-electron chi connectivity index (χ4n) is 3.42. The Bertz CT molecular complexity index is 437. The first-order valence-electron chi connectivity index (χ1n) is 7.68. The first kappa shape index (κ1) is 13.0. The lowest BCUT2D eigenvalue weighted by Crippen LogP contribution is -2.49. The smallest absolute Gasteiger partial charge is 0.0702 e. The van der Waals surface area contributed by atoms with Crippen LogP contribution < -0.4 is 5.32 Å². The standard InChI is InChI=1S/C17H25NO/c1-13(2)15-6-3-4-7-16(15)18-14-8-11-19-17(12-14)9-5-10-17/h3-4,6-7,13-14,18H,5,8-12H2,1-2H3. The molecule has 2 nitrogen and oxygen atoms in total. The first-order chi connectivity index (χ1) is 9.19. The number of benzene rings is 1. The van der Waals surface area contributed by atoms with Gasteiger partial charge in [-0.05, 0) is 49.7 Å². The quantitative estimate of drug-likeness (QED) is 0.872. The Kier molecular flexibility index (Phi) is 3.53. The van der Waals surface area contributed by atoms with E-state index in [2.05, 4.69) is 43.4 Å². The van der Waals surface area contributed by atoms with E-state index >= 15 is 0 Å². The van der Waals surface area contributed by atoms with Gasteiger partial charge in [0.1, 0.15) is 0 Å². The fourth-order valence-corrected chi connectivity index (χ4v) is 3.42. The van der Waals surface area contributed by atoms with Gasteiger partial charge in [-0.25, -0.2) is 0 Å². The molecule has 1 heterocycles. The highest BCUT2D eigenvalue weighted by molar-refractivity contribution is 5.53. The lowest BCUT2D eigenvalue weighted by atomic mass is 9.74. The average molecular weight is 259 g/mol. The van der Waals surface area contributed by atoms with Gasteiger partial charge in [0, 0.05) is 18.3 Å². The Labute approximate surface area is 116 Å². The van der Waals surface area contributed by atoms with Crippen molar-refractivity contribution >= 4 is 5.69 Å². The van der Waals surface area contributed by atoms with Gasteiger partial charge < -0.3 is 10.1 Å². The summed E-state index contributed by atoms with van der Waals surface area (Å²) in [5, 5.41) is 3.77. The van der Waals surface area contributed by atoms with E-state index in [-0.39, 0.29) is 5.60 Å². The summed E-state index contributed by atoms with van der Waals surface area (Å²) >= 11 is 0. The summed E-state index contributed by atoms with van der Waals surface area (Å²) in [5.74, 6) is 0.571. The van der Waals surface area contributed by atoms with Gasteiger partial charge in [-0.15, -0.1) is 0 Å². The number of ether oxygens (including phenoxy) is 1. The van der Waals surface area contributed by atoms with Crippen molar-refractivity contribution in [2.24, 2.45) is 0 Å². The highest BCUT2D eigenvalue weighted by atomic mass is 16.5. The lowest BCUT2D eigenvalue weighted by Gasteiger charge is -2.47. The van der Waals surface area contributed by atoms with Crippen LogP contribution in [0, 0.1) is 0 Å². The van der Waals surface area contributed by atoms with Crippen LogP contribution in [0.15, 0.2) is 24.3 Å². The minimum atomic E-state index is 0.225. The van der Waals surface area contributed by atoms with Gasteiger partial charge >= 0.3 is 0 Å². The molecule has 0 aromatic heterocycles. The van der Waals surface area contributed by atoms with Crippen molar-refractivity contribution in [1.29, 1.82) is 0 Å². The molecule has 19 heavy (non-hydrogen) atoms. The minimum absolute atomic E-state index is 0.225. The van der Waals surface area contributed by atoms with Gasteiger partial charge in [0.25, 0.3) is 0 Å². The third kappa shape index (κ3) is 2.64. The summed E-state index contributed by atoms with van der Waals surface area (Å²) in [7, 11) is 0. The second-order valence-electron chi connectivity index (χ2n) is 6.46. The van der Waals surface area contributed by atoms with E-state index in [1.165, 1.54) is 36.9 Å². The molecule has 1 aromatic carbocycles.